The van der Waals surface area contributed by atoms with E-state index in [-0.39, 0.29) is 43.2 Å². The van der Waals surface area contributed by atoms with E-state index in [1.54, 1.807) is 26.0 Å². The van der Waals surface area contributed by atoms with E-state index in [4.69, 9.17) is 46.4 Å². The predicted octanol–water partition coefficient (Wildman–Crippen LogP) is 14.3. The highest BCUT2D eigenvalue weighted by Gasteiger charge is 2.54. The average molecular weight is 1060 g/mol. The van der Waals surface area contributed by atoms with Crippen molar-refractivity contribution in [3.63, 3.8) is 0 Å². The van der Waals surface area contributed by atoms with Crippen molar-refractivity contribution < 1.29 is 26.4 Å². The molecule has 0 spiro atoms. The maximum absolute atomic E-state index is 14.2. The van der Waals surface area contributed by atoms with Gasteiger partial charge in [0.15, 0.2) is 19.7 Å². The molecule has 14 heteroatoms. The molecular formula is C55H70Cl4N2O6S2. The second-order valence-electron chi connectivity index (χ2n) is 19.3. The Morgan fingerprint density at radius 3 is 1.16 bits per heavy atom. The number of halogens is 4. The first-order chi connectivity index (χ1) is 31.8. The molecule has 2 saturated heterocycles. The Morgan fingerprint density at radius 1 is 0.580 bits per heavy atom. The Labute approximate surface area is 433 Å². The molecule has 0 aromatic heterocycles. The van der Waals surface area contributed by atoms with Gasteiger partial charge >= 0.3 is 0 Å². The van der Waals surface area contributed by atoms with Crippen LogP contribution >= 0.6 is 46.4 Å². The van der Waals surface area contributed by atoms with Crippen molar-refractivity contribution in [1.29, 1.82) is 0 Å². The second kappa shape index (κ2) is 23.7. The summed E-state index contributed by atoms with van der Waals surface area (Å²) in [6.07, 6.45) is 9.22. The van der Waals surface area contributed by atoms with Crippen molar-refractivity contribution in [3.05, 3.63) is 165 Å². The molecule has 0 radical (unpaired) electrons. The molecule has 376 valence electrons. The molecule has 4 aromatic carbocycles. The average Bonchev–Trinajstić information content (AvgIpc) is 3.27. The van der Waals surface area contributed by atoms with Crippen molar-refractivity contribution in [2.75, 3.05) is 12.5 Å². The number of hydrogen-bond acceptors (Lipinski definition) is 6. The molecule has 8 nitrogen and oxygen atoms in total. The third-order valence-electron chi connectivity index (χ3n) is 14.4. The van der Waals surface area contributed by atoms with Crippen molar-refractivity contribution in [2.24, 2.45) is 10.8 Å². The van der Waals surface area contributed by atoms with Crippen LogP contribution in [0.3, 0.4) is 0 Å². The zero-order chi connectivity index (χ0) is 50.5. The van der Waals surface area contributed by atoms with Crippen LogP contribution in [-0.4, -0.2) is 73.5 Å². The minimum Gasteiger partial charge on any atom is -0.330 e. The molecule has 0 unspecified atom stereocenters. The van der Waals surface area contributed by atoms with E-state index >= 15 is 0 Å². The summed E-state index contributed by atoms with van der Waals surface area (Å²) in [6.45, 7) is 19.0. The molecule has 2 aliphatic rings. The van der Waals surface area contributed by atoms with E-state index in [1.165, 1.54) is 12.5 Å². The van der Waals surface area contributed by atoms with Crippen LogP contribution in [0.15, 0.2) is 122 Å². The monoisotopic (exact) mass is 1060 g/mol. The van der Waals surface area contributed by atoms with Gasteiger partial charge in [0.1, 0.15) is 0 Å². The summed E-state index contributed by atoms with van der Waals surface area (Å²) < 4.78 is 50.7. The number of sulfone groups is 2. The van der Waals surface area contributed by atoms with Crippen molar-refractivity contribution in [3.8, 4) is 0 Å². The van der Waals surface area contributed by atoms with Gasteiger partial charge in [0.05, 0.1) is 33.4 Å². The fourth-order valence-corrected chi connectivity index (χ4v) is 13.0. The number of piperidine rings is 2. The molecule has 2 aliphatic heterocycles. The second-order valence-corrected chi connectivity index (χ2v) is 25.8. The topological polar surface area (TPSA) is 109 Å². The maximum Gasteiger partial charge on any atom is 0.229 e. The molecule has 6 rings (SSSR count). The van der Waals surface area contributed by atoms with E-state index in [1.807, 2.05) is 135 Å². The number of rotatable bonds is 16. The fraction of sp³-hybridized carbons (Fsp3) is 0.455. The molecule has 4 aromatic rings. The fourth-order valence-electron chi connectivity index (χ4n) is 10.6. The smallest absolute Gasteiger partial charge is 0.229 e. The third kappa shape index (κ3) is 13.1. The van der Waals surface area contributed by atoms with Gasteiger partial charge < -0.3 is 9.80 Å². The van der Waals surface area contributed by atoms with E-state index in [0.717, 1.165) is 22.3 Å². The summed E-state index contributed by atoms with van der Waals surface area (Å²) in [5.74, 6) is -0.285. The Kier molecular flexibility index (Phi) is 19.9. The summed E-state index contributed by atoms with van der Waals surface area (Å²) in [5, 5.41) is 1.01. The van der Waals surface area contributed by atoms with Crippen LogP contribution in [0.25, 0.3) is 0 Å². The number of nitrogens with zero attached hydrogens (tertiary/aromatic N) is 2. The predicted molar refractivity (Wildman–Crippen MR) is 289 cm³/mol. The Bertz CT molecular complexity index is 2480. The minimum atomic E-state index is -3.39. The van der Waals surface area contributed by atoms with E-state index in [0.29, 0.717) is 58.6 Å². The van der Waals surface area contributed by atoms with Crippen molar-refractivity contribution >= 4 is 77.9 Å². The first-order valence-corrected chi connectivity index (χ1v) is 28.5. The molecule has 0 saturated carbocycles. The molecule has 0 N–H and O–H groups in total. The van der Waals surface area contributed by atoms with Gasteiger partial charge in [-0.1, -0.05) is 142 Å². The van der Waals surface area contributed by atoms with E-state index in [2.05, 4.69) is 13.2 Å². The van der Waals surface area contributed by atoms with Gasteiger partial charge in [-0.15, -0.1) is 13.2 Å². The van der Waals surface area contributed by atoms with Crippen LogP contribution in [0, 0.1) is 10.8 Å². The van der Waals surface area contributed by atoms with E-state index < -0.39 is 53.1 Å². The van der Waals surface area contributed by atoms with Crippen LogP contribution in [0.5, 0.6) is 0 Å². The largest absolute Gasteiger partial charge is 0.330 e. The lowest BCUT2D eigenvalue weighted by molar-refractivity contribution is -0.155. The third-order valence-corrected chi connectivity index (χ3v) is 18.7. The Morgan fingerprint density at radius 2 is 0.899 bits per heavy atom. The molecule has 2 heterocycles. The number of carbonyl (C=O) groups excluding carboxylic acids is 2. The van der Waals surface area contributed by atoms with Gasteiger partial charge in [-0.2, -0.15) is 0 Å². The molecule has 69 heavy (non-hydrogen) atoms. The molecule has 10 atom stereocenters. The highest BCUT2D eigenvalue weighted by atomic mass is 35.5. The first-order valence-electron chi connectivity index (χ1n) is 23.1. The van der Waals surface area contributed by atoms with Crippen LogP contribution in [0.4, 0.5) is 0 Å². The van der Waals surface area contributed by atoms with Crippen molar-refractivity contribution in [1.82, 2.24) is 9.80 Å². The maximum atomic E-state index is 14.2. The summed E-state index contributed by atoms with van der Waals surface area (Å²) in [5.41, 5.74) is 2.43. The summed E-state index contributed by atoms with van der Waals surface area (Å²) in [7, 11) is -6.79. The van der Waals surface area contributed by atoms with Gasteiger partial charge in [-0.3, -0.25) is 9.59 Å². The molecule has 0 bridgehead atoms. The molecule has 0 aliphatic carbocycles. The van der Waals surface area contributed by atoms with Gasteiger partial charge in [0, 0.05) is 56.5 Å². The highest BCUT2D eigenvalue weighted by Crippen LogP contribution is 2.54. The highest BCUT2D eigenvalue weighted by molar-refractivity contribution is 7.91. The quantitative estimate of drug-likeness (QED) is 0.103. The van der Waals surface area contributed by atoms with Gasteiger partial charge in [0.2, 0.25) is 11.8 Å². The van der Waals surface area contributed by atoms with E-state index in [9.17, 15) is 26.4 Å². The number of carbonyl (C=O) groups is 2. The normalized spacial score (nSPS) is 24.8. The standard InChI is InChI=1S/2C27H33Cl2NO3S.CH4/c2*1-6-15-27(4)17-23(20-9-8-10-22(29)16-20)25(19-11-13-21(28)14-12-19)30(26(27)31)24(7-2)18(3)34(5,32)33;/h2*6,8-14,16,18,23-25H,1,7,15,17H2,2-5H3;1H4/t18-,23+,24-,25+,27-;18-,23-,24+,25-,27+;/m01./s1. The number of likely N-dealkylation sites (tertiary alicyclic amines) is 2. The van der Waals surface area contributed by atoms with Gasteiger partial charge in [-0.25, -0.2) is 16.8 Å². The summed E-state index contributed by atoms with van der Waals surface area (Å²) >= 11 is 25.1. The zero-order valence-corrected chi connectivity index (χ0v) is 45.0. The molecule has 2 amide bonds. The van der Waals surface area contributed by atoms with Crippen LogP contribution in [-0.2, 0) is 29.3 Å². The number of amides is 2. The zero-order valence-electron chi connectivity index (χ0n) is 40.3. The van der Waals surface area contributed by atoms with Crippen molar-refractivity contribution in [2.45, 2.75) is 134 Å². The minimum absolute atomic E-state index is 0. The lowest BCUT2D eigenvalue weighted by Crippen LogP contribution is -2.58. The Hall–Kier alpha value is -3.64. The van der Waals surface area contributed by atoms with Gasteiger partial charge in [-0.05, 0) is 123 Å². The SMILES string of the molecule is C.C=CC[C@@]1(C)C[C@H](c2cccc(Cl)c2)[C@@H](c2ccc(Cl)cc2)N([C@@H](CC)[C@@H](C)S(C)(=O)=O)C1=O.C=CC[C@@]1(C)C[C@H](c2cccc(Cl)c2)[C@@H](c2ccc(Cl)cc2)N([C@@H](CC)[C@H](C)S(C)(=O)=O)C1=O. The molecular weight excluding hydrogens is 991 g/mol. The number of allylic oxidation sites excluding steroid dienone is 2. The Balaban J connectivity index is 0.000000296. The number of hydrogen-bond donors (Lipinski definition) is 0. The summed E-state index contributed by atoms with van der Waals surface area (Å²) in [4.78, 5) is 32.1. The van der Waals surface area contributed by atoms with Crippen LogP contribution < -0.4 is 0 Å². The summed E-state index contributed by atoms with van der Waals surface area (Å²) in [6, 6.07) is 28.7. The number of benzene rings is 4. The lowest BCUT2D eigenvalue weighted by atomic mass is 9.67. The van der Waals surface area contributed by atoms with Gasteiger partial charge in [0.25, 0.3) is 0 Å². The molecule has 2 fully saturated rings. The van der Waals surface area contributed by atoms with Crippen LogP contribution in [0.1, 0.15) is 134 Å². The first kappa shape index (κ1) is 57.9. The lowest BCUT2D eigenvalue weighted by Gasteiger charge is -2.53. The van der Waals surface area contributed by atoms with Crippen LogP contribution in [0.2, 0.25) is 20.1 Å².